The van der Waals surface area contributed by atoms with Crippen LogP contribution in [0.3, 0.4) is 0 Å². The minimum atomic E-state index is -0.899. The van der Waals surface area contributed by atoms with E-state index in [9.17, 15) is 13.6 Å². The Morgan fingerprint density at radius 1 is 1.26 bits per heavy atom. The number of hydrogen-bond donors (Lipinski definition) is 1. The highest BCUT2D eigenvalue weighted by atomic mass is 32.1. The number of amides is 1. The molecule has 1 saturated carbocycles. The van der Waals surface area contributed by atoms with Crippen LogP contribution in [0.4, 0.5) is 13.9 Å². The molecule has 0 atom stereocenters. The molecule has 1 fully saturated rings. The first kappa shape index (κ1) is 12.2. The first-order valence-electron chi connectivity index (χ1n) is 5.74. The number of aromatic nitrogens is 2. The number of carbonyl (C=O) groups excluding carboxylic acids is 1. The van der Waals surface area contributed by atoms with Crippen LogP contribution in [0.1, 0.15) is 34.1 Å². The maximum Gasteiger partial charge on any atom is 0.263 e. The highest BCUT2D eigenvalue weighted by Gasteiger charge is 2.28. The summed E-state index contributed by atoms with van der Waals surface area (Å²) in [6.45, 7) is 0. The lowest BCUT2D eigenvalue weighted by atomic mass is 10.2. The van der Waals surface area contributed by atoms with E-state index in [-0.39, 0.29) is 5.13 Å². The quantitative estimate of drug-likeness (QED) is 0.941. The van der Waals surface area contributed by atoms with Crippen molar-refractivity contribution in [1.29, 1.82) is 0 Å². The third kappa shape index (κ3) is 2.46. The summed E-state index contributed by atoms with van der Waals surface area (Å²) in [5.74, 6) is -2.23. The van der Waals surface area contributed by atoms with E-state index < -0.39 is 23.1 Å². The third-order valence-electron chi connectivity index (χ3n) is 2.78. The largest absolute Gasteiger partial charge is 0.296 e. The fraction of sp³-hybridized carbons (Fsp3) is 0.250. The zero-order valence-electron chi connectivity index (χ0n) is 9.69. The van der Waals surface area contributed by atoms with Gasteiger partial charge in [0.1, 0.15) is 22.2 Å². The van der Waals surface area contributed by atoms with Crippen LogP contribution in [-0.4, -0.2) is 16.1 Å². The van der Waals surface area contributed by atoms with Crippen LogP contribution >= 0.6 is 11.3 Å². The summed E-state index contributed by atoms with van der Waals surface area (Å²) in [7, 11) is 0. The van der Waals surface area contributed by atoms with Gasteiger partial charge in [-0.25, -0.2) is 8.78 Å². The van der Waals surface area contributed by atoms with E-state index in [1.807, 2.05) is 0 Å². The van der Waals surface area contributed by atoms with Gasteiger partial charge in [0, 0.05) is 5.92 Å². The zero-order chi connectivity index (χ0) is 13.4. The van der Waals surface area contributed by atoms with Crippen molar-refractivity contribution in [2.75, 3.05) is 5.32 Å². The maximum absolute atomic E-state index is 13.4. The second-order valence-corrected chi connectivity index (χ2v) is 5.28. The van der Waals surface area contributed by atoms with Crippen molar-refractivity contribution in [3.8, 4) is 0 Å². The average molecular weight is 281 g/mol. The molecular weight excluding hydrogens is 272 g/mol. The molecule has 0 bridgehead atoms. The Kier molecular flexibility index (Phi) is 2.98. The fourth-order valence-corrected chi connectivity index (χ4v) is 2.56. The van der Waals surface area contributed by atoms with Crippen LogP contribution in [-0.2, 0) is 0 Å². The van der Waals surface area contributed by atoms with Crippen LogP contribution in [0.2, 0.25) is 0 Å². The lowest BCUT2D eigenvalue weighted by Crippen LogP contribution is -2.15. The number of hydrogen-bond acceptors (Lipinski definition) is 4. The van der Waals surface area contributed by atoms with Crippen LogP contribution < -0.4 is 5.32 Å². The molecule has 3 rings (SSSR count). The summed E-state index contributed by atoms with van der Waals surface area (Å²) in [5.41, 5.74) is -0.606. The molecule has 1 aromatic heterocycles. The molecule has 0 saturated heterocycles. The second-order valence-electron chi connectivity index (χ2n) is 4.27. The minimum absolute atomic E-state index is 0.259. The van der Waals surface area contributed by atoms with Crippen molar-refractivity contribution >= 4 is 22.4 Å². The number of halogens is 2. The number of anilines is 1. The number of nitrogens with zero attached hydrogens (tertiary/aromatic N) is 2. The Morgan fingerprint density at radius 2 is 1.95 bits per heavy atom. The fourth-order valence-electron chi connectivity index (χ4n) is 1.65. The van der Waals surface area contributed by atoms with Crippen molar-refractivity contribution in [3.05, 3.63) is 40.4 Å². The molecule has 1 heterocycles. The summed E-state index contributed by atoms with van der Waals surface area (Å²) in [5, 5.41) is 11.2. The molecule has 98 valence electrons. The van der Waals surface area contributed by atoms with E-state index in [1.54, 1.807) is 0 Å². The van der Waals surface area contributed by atoms with Gasteiger partial charge in [0.25, 0.3) is 5.91 Å². The molecule has 0 spiro atoms. The van der Waals surface area contributed by atoms with Gasteiger partial charge in [-0.2, -0.15) is 0 Å². The molecule has 0 unspecified atom stereocenters. The van der Waals surface area contributed by atoms with Crippen molar-refractivity contribution < 1.29 is 13.6 Å². The van der Waals surface area contributed by atoms with Gasteiger partial charge in [0.15, 0.2) is 0 Å². The number of carbonyl (C=O) groups is 1. The molecule has 1 aromatic carbocycles. The SMILES string of the molecule is O=C(Nc1nnc(C2CC2)s1)c1c(F)cccc1F. The smallest absolute Gasteiger partial charge is 0.263 e. The van der Waals surface area contributed by atoms with Crippen LogP contribution in [0.15, 0.2) is 18.2 Å². The molecule has 1 amide bonds. The van der Waals surface area contributed by atoms with Gasteiger partial charge < -0.3 is 0 Å². The van der Waals surface area contributed by atoms with E-state index >= 15 is 0 Å². The highest BCUT2D eigenvalue weighted by molar-refractivity contribution is 7.15. The second kappa shape index (κ2) is 4.65. The third-order valence-corrected chi connectivity index (χ3v) is 3.78. The molecule has 19 heavy (non-hydrogen) atoms. The van der Waals surface area contributed by atoms with Gasteiger partial charge in [-0.15, -0.1) is 10.2 Å². The molecule has 0 aliphatic heterocycles. The molecule has 7 heteroatoms. The number of rotatable bonds is 3. The summed E-state index contributed by atoms with van der Waals surface area (Å²) >= 11 is 1.24. The van der Waals surface area contributed by atoms with Gasteiger partial charge in [-0.3, -0.25) is 10.1 Å². The predicted octanol–water partition coefficient (Wildman–Crippen LogP) is 2.95. The summed E-state index contributed by atoms with van der Waals surface area (Å²) in [6.07, 6.45) is 2.15. The van der Waals surface area contributed by atoms with Crippen LogP contribution in [0.5, 0.6) is 0 Å². The highest BCUT2D eigenvalue weighted by Crippen LogP contribution is 2.42. The Bertz CT molecular complexity index is 619. The zero-order valence-corrected chi connectivity index (χ0v) is 10.5. The average Bonchev–Trinajstić information content (AvgIpc) is 3.10. The number of benzene rings is 1. The minimum Gasteiger partial charge on any atom is -0.296 e. The predicted molar refractivity (Wildman–Crippen MR) is 66.2 cm³/mol. The summed E-state index contributed by atoms with van der Waals surface area (Å²) < 4.78 is 26.8. The van der Waals surface area contributed by atoms with Gasteiger partial charge in [0.2, 0.25) is 5.13 Å². The van der Waals surface area contributed by atoms with Gasteiger partial charge in [0.05, 0.1) is 0 Å². The lowest BCUT2D eigenvalue weighted by molar-refractivity contribution is 0.101. The van der Waals surface area contributed by atoms with E-state index in [0.29, 0.717) is 5.92 Å². The maximum atomic E-state index is 13.4. The lowest BCUT2D eigenvalue weighted by Gasteiger charge is -2.03. The molecule has 1 aliphatic rings. The Hall–Kier alpha value is -1.89. The van der Waals surface area contributed by atoms with E-state index in [2.05, 4.69) is 15.5 Å². The van der Waals surface area contributed by atoms with Crippen LogP contribution in [0.25, 0.3) is 0 Å². The molecule has 1 N–H and O–H groups in total. The van der Waals surface area contributed by atoms with Crippen LogP contribution in [0, 0.1) is 11.6 Å². The monoisotopic (exact) mass is 281 g/mol. The Morgan fingerprint density at radius 3 is 2.58 bits per heavy atom. The van der Waals surface area contributed by atoms with Gasteiger partial charge in [-0.1, -0.05) is 17.4 Å². The van der Waals surface area contributed by atoms with Crippen molar-refractivity contribution in [3.63, 3.8) is 0 Å². The van der Waals surface area contributed by atoms with Crippen molar-refractivity contribution in [2.45, 2.75) is 18.8 Å². The topological polar surface area (TPSA) is 54.9 Å². The number of nitrogens with one attached hydrogen (secondary N) is 1. The van der Waals surface area contributed by atoms with E-state index in [0.717, 1.165) is 30.0 Å². The standard InChI is InChI=1S/C12H9F2N3OS/c13-7-2-1-3-8(14)9(7)10(18)15-12-17-16-11(19-12)6-4-5-6/h1-3,6H,4-5H2,(H,15,17,18). The molecule has 1 aliphatic carbocycles. The van der Waals surface area contributed by atoms with Gasteiger partial charge >= 0.3 is 0 Å². The summed E-state index contributed by atoms with van der Waals surface area (Å²) in [6, 6.07) is 3.28. The van der Waals surface area contributed by atoms with Crippen molar-refractivity contribution in [2.24, 2.45) is 0 Å². The normalized spacial score (nSPS) is 14.4. The first-order chi connectivity index (χ1) is 9.15. The molecule has 2 aromatic rings. The van der Waals surface area contributed by atoms with E-state index in [4.69, 9.17) is 0 Å². The Balaban J connectivity index is 1.80. The van der Waals surface area contributed by atoms with Gasteiger partial charge in [-0.05, 0) is 25.0 Å². The van der Waals surface area contributed by atoms with E-state index in [1.165, 1.54) is 17.4 Å². The molecular formula is C12H9F2N3OS. The molecule has 0 radical (unpaired) electrons. The molecule has 4 nitrogen and oxygen atoms in total. The Labute approximate surface area is 111 Å². The first-order valence-corrected chi connectivity index (χ1v) is 6.55. The van der Waals surface area contributed by atoms with Crippen molar-refractivity contribution in [1.82, 2.24) is 10.2 Å². The summed E-state index contributed by atoms with van der Waals surface area (Å²) in [4.78, 5) is 11.8.